The Morgan fingerprint density at radius 2 is 2.00 bits per heavy atom. The van der Waals surface area contributed by atoms with Crippen molar-refractivity contribution < 1.29 is 9.53 Å². The lowest BCUT2D eigenvalue weighted by Gasteiger charge is -2.29. The van der Waals surface area contributed by atoms with E-state index in [9.17, 15) is 4.79 Å². The molecule has 0 aliphatic carbocycles. The summed E-state index contributed by atoms with van der Waals surface area (Å²) < 4.78 is 5.92. The summed E-state index contributed by atoms with van der Waals surface area (Å²) in [5.41, 5.74) is 6.61. The van der Waals surface area contributed by atoms with Crippen molar-refractivity contribution in [3.8, 4) is 11.5 Å². The van der Waals surface area contributed by atoms with E-state index in [1.807, 2.05) is 0 Å². The van der Waals surface area contributed by atoms with Gasteiger partial charge in [0, 0.05) is 17.6 Å². The molecule has 8 nitrogen and oxygen atoms in total. The summed E-state index contributed by atoms with van der Waals surface area (Å²) in [5.74, 6) is 1.37. The third kappa shape index (κ3) is 4.01. The first-order valence-electron chi connectivity index (χ1n) is 9.22. The summed E-state index contributed by atoms with van der Waals surface area (Å²) in [6, 6.07) is 7.04. The van der Waals surface area contributed by atoms with E-state index in [4.69, 9.17) is 10.5 Å². The van der Waals surface area contributed by atoms with Gasteiger partial charge in [-0.25, -0.2) is 9.97 Å². The monoisotopic (exact) mass is 378 g/mol. The van der Waals surface area contributed by atoms with Crippen LogP contribution in [0.4, 0.5) is 5.82 Å². The van der Waals surface area contributed by atoms with E-state index >= 15 is 0 Å². The molecule has 0 atom stereocenters. The molecule has 28 heavy (non-hydrogen) atoms. The molecule has 0 aromatic carbocycles. The van der Waals surface area contributed by atoms with E-state index < -0.39 is 0 Å². The maximum Gasteiger partial charge on any atom is 0.270 e. The van der Waals surface area contributed by atoms with Crippen LogP contribution in [0.1, 0.15) is 23.3 Å². The summed E-state index contributed by atoms with van der Waals surface area (Å²) in [6.45, 7) is 1.96. The third-order valence-corrected chi connectivity index (χ3v) is 4.86. The topological polar surface area (TPSA) is 106 Å². The van der Waals surface area contributed by atoms with Crippen LogP contribution in [0.3, 0.4) is 0 Å². The SMILES string of the molecule is CN1CCC(NC(=O)c2cc3c(Oc4ccc(N)nc4)ccnc3cn2)CC1. The van der Waals surface area contributed by atoms with Crippen molar-refractivity contribution in [3.05, 3.63) is 48.5 Å². The number of anilines is 1. The van der Waals surface area contributed by atoms with Gasteiger partial charge in [-0.3, -0.25) is 9.78 Å². The summed E-state index contributed by atoms with van der Waals surface area (Å²) in [7, 11) is 2.09. The lowest BCUT2D eigenvalue weighted by Crippen LogP contribution is -2.43. The Morgan fingerprint density at radius 3 is 2.75 bits per heavy atom. The quantitative estimate of drug-likeness (QED) is 0.717. The number of likely N-dealkylation sites (tertiary alicyclic amines) is 1. The van der Waals surface area contributed by atoms with E-state index in [1.165, 1.54) is 0 Å². The molecule has 1 aliphatic heterocycles. The first kappa shape index (κ1) is 18.1. The van der Waals surface area contributed by atoms with Gasteiger partial charge in [0.25, 0.3) is 5.91 Å². The van der Waals surface area contributed by atoms with Gasteiger partial charge in [-0.1, -0.05) is 0 Å². The van der Waals surface area contributed by atoms with Gasteiger partial charge in [-0.05, 0) is 57.2 Å². The van der Waals surface area contributed by atoms with Gasteiger partial charge in [-0.2, -0.15) is 0 Å². The van der Waals surface area contributed by atoms with Crippen molar-refractivity contribution in [2.75, 3.05) is 25.9 Å². The second-order valence-electron chi connectivity index (χ2n) is 6.97. The van der Waals surface area contributed by atoms with Crippen molar-refractivity contribution >= 4 is 22.6 Å². The van der Waals surface area contributed by atoms with Crippen LogP contribution in [0.25, 0.3) is 10.9 Å². The Labute approximate surface area is 162 Å². The Morgan fingerprint density at radius 1 is 1.18 bits per heavy atom. The van der Waals surface area contributed by atoms with E-state index in [0.29, 0.717) is 33.9 Å². The first-order valence-corrected chi connectivity index (χ1v) is 9.22. The lowest BCUT2D eigenvalue weighted by molar-refractivity contribution is 0.0912. The second-order valence-corrected chi connectivity index (χ2v) is 6.97. The minimum atomic E-state index is -0.180. The fourth-order valence-corrected chi connectivity index (χ4v) is 3.23. The number of fused-ring (bicyclic) bond motifs is 1. The molecule has 0 spiro atoms. The van der Waals surface area contributed by atoms with Gasteiger partial charge in [0.1, 0.15) is 23.0 Å². The zero-order valence-corrected chi connectivity index (χ0v) is 15.6. The second kappa shape index (κ2) is 7.77. The normalized spacial score (nSPS) is 15.5. The van der Waals surface area contributed by atoms with Crippen LogP contribution in [-0.4, -0.2) is 51.9 Å². The number of nitrogen functional groups attached to an aromatic ring is 1. The lowest BCUT2D eigenvalue weighted by atomic mass is 10.1. The summed E-state index contributed by atoms with van der Waals surface area (Å²) in [6.07, 6.45) is 6.66. The minimum Gasteiger partial charge on any atom is -0.455 e. The van der Waals surface area contributed by atoms with Gasteiger partial charge < -0.3 is 20.7 Å². The highest BCUT2D eigenvalue weighted by molar-refractivity contribution is 5.97. The molecule has 0 saturated carbocycles. The van der Waals surface area contributed by atoms with Crippen molar-refractivity contribution in [2.24, 2.45) is 0 Å². The predicted molar refractivity (Wildman–Crippen MR) is 106 cm³/mol. The number of rotatable bonds is 4. The first-order chi connectivity index (χ1) is 13.6. The van der Waals surface area contributed by atoms with Crippen LogP contribution in [0.15, 0.2) is 42.9 Å². The number of hydrogen-bond acceptors (Lipinski definition) is 7. The summed E-state index contributed by atoms with van der Waals surface area (Å²) in [4.78, 5) is 27.5. The maximum absolute atomic E-state index is 12.7. The van der Waals surface area contributed by atoms with Crippen molar-refractivity contribution in [1.29, 1.82) is 0 Å². The molecule has 8 heteroatoms. The molecule has 0 radical (unpaired) electrons. The molecule has 0 bridgehead atoms. The van der Waals surface area contributed by atoms with E-state index in [0.717, 1.165) is 25.9 Å². The number of nitrogens with zero attached hydrogens (tertiary/aromatic N) is 4. The molecule has 4 heterocycles. The number of carbonyl (C=O) groups is 1. The number of amides is 1. The molecular weight excluding hydrogens is 356 g/mol. The van der Waals surface area contributed by atoms with Gasteiger partial charge >= 0.3 is 0 Å². The molecule has 144 valence electrons. The molecule has 3 N–H and O–H groups in total. The Bertz CT molecular complexity index is 984. The zero-order valence-electron chi connectivity index (χ0n) is 15.6. The maximum atomic E-state index is 12.7. The Hall–Kier alpha value is -3.26. The molecule has 3 aromatic heterocycles. The summed E-state index contributed by atoms with van der Waals surface area (Å²) in [5, 5.41) is 3.79. The number of aromatic nitrogens is 3. The number of nitrogens with one attached hydrogen (secondary N) is 1. The average molecular weight is 378 g/mol. The van der Waals surface area contributed by atoms with Gasteiger partial charge in [0.15, 0.2) is 0 Å². The van der Waals surface area contributed by atoms with Crippen molar-refractivity contribution in [3.63, 3.8) is 0 Å². The molecule has 1 amide bonds. The molecule has 1 saturated heterocycles. The fourth-order valence-electron chi connectivity index (χ4n) is 3.23. The van der Waals surface area contributed by atoms with Gasteiger partial charge in [0.05, 0.1) is 17.9 Å². The van der Waals surface area contributed by atoms with Gasteiger partial charge in [-0.15, -0.1) is 0 Å². The molecular formula is C20H22N6O2. The van der Waals surface area contributed by atoms with Gasteiger partial charge in [0.2, 0.25) is 0 Å². The number of ether oxygens (including phenoxy) is 1. The minimum absolute atomic E-state index is 0.173. The third-order valence-electron chi connectivity index (χ3n) is 4.86. The van der Waals surface area contributed by atoms with Crippen LogP contribution < -0.4 is 15.8 Å². The summed E-state index contributed by atoms with van der Waals surface area (Å²) >= 11 is 0. The van der Waals surface area contributed by atoms with Crippen LogP contribution in [0, 0.1) is 0 Å². The van der Waals surface area contributed by atoms with Crippen LogP contribution in [-0.2, 0) is 0 Å². The Balaban J connectivity index is 1.57. The number of carbonyl (C=O) groups excluding carboxylic acids is 1. The molecule has 4 rings (SSSR count). The largest absolute Gasteiger partial charge is 0.455 e. The highest BCUT2D eigenvalue weighted by Gasteiger charge is 2.20. The van der Waals surface area contributed by atoms with Crippen LogP contribution >= 0.6 is 0 Å². The van der Waals surface area contributed by atoms with E-state index in [1.54, 1.807) is 42.9 Å². The van der Waals surface area contributed by atoms with Crippen LogP contribution in [0.5, 0.6) is 11.5 Å². The molecule has 1 aliphatic rings. The van der Waals surface area contributed by atoms with E-state index in [-0.39, 0.29) is 11.9 Å². The van der Waals surface area contributed by atoms with Crippen molar-refractivity contribution in [1.82, 2.24) is 25.2 Å². The zero-order chi connectivity index (χ0) is 19.5. The molecule has 0 unspecified atom stereocenters. The number of hydrogen-bond donors (Lipinski definition) is 2. The number of nitrogens with two attached hydrogens (primary N) is 1. The molecule has 3 aromatic rings. The standard InChI is InChI=1S/C20H22N6O2/c1-26-8-5-13(6-9-26)25-20(27)16-10-15-17(12-23-16)22-7-4-18(15)28-14-2-3-19(21)24-11-14/h2-4,7,10-13H,5-6,8-9H2,1H3,(H2,21,24)(H,25,27). The fraction of sp³-hybridized carbons (Fsp3) is 0.300. The number of piperidine rings is 1. The van der Waals surface area contributed by atoms with E-state index in [2.05, 4.69) is 32.2 Å². The predicted octanol–water partition coefficient (Wildman–Crippen LogP) is 2.22. The van der Waals surface area contributed by atoms with Crippen LogP contribution in [0.2, 0.25) is 0 Å². The number of pyridine rings is 3. The Kier molecular flexibility index (Phi) is 5.03. The highest BCUT2D eigenvalue weighted by Crippen LogP contribution is 2.28. The smallest absolute Gasteiger partial charge is 0.270 e. The van der Waals surface area contributed by atoms with Crippen molar-refractivity contribution in [2.45, 2.75) is 18.9 Å². The highest BCUT2D eigenvalue weighted by atomic mass is 16.5. The average Bonchev–Trinajstić information content (AvgIpc) is 2.71. The molecule has 1 fully saturated rings.